The topological polar surface area (TPSA) is 92.6 Å². The molecule has 134 valence electrons. The molecule has 0 aliphatic carbocycles. The number of hydrogen-bond donors (Lipinski definition) is 1. The van der Waals surface area contributed by atoms with Gasteiger partial charge in [-0.15, -0.1) is 0 Å². The lowest BCUT2D eigenvalue weighted by Gasteiger charge is -2.35. The van der Waals surface area contributed by atoms with Crippen LogP contribution in [0.5, 0.6) is 0 Å². The summed E-state index contributed by atoms with van der Waals surface area (Å²) >= 11 is 0.696. The molecule has 0 amide bonds. The minimum absolute atomic E-state index is 0.0104. The average Bonchev–Trinajstić information content (AvgIpc) is 3.13. The van der Waals surface area contributed by atoms with Crippen LogP contribution in [0.1, 0.15) is 24.1 Å². The maximum atomic E-state index is 13.0. The molecule has 0 saturated carbocycles. The summed E-state index contributed by atoms with van der Waals surface area (Å²) in [4.78, 5) is 10.3. The van der Waals surface area contributed by atoms with Gasteiger partial charge in [-0.25, -0.2) is 8.42 Å². The number of aryl methyl sites for hydroxylation is 1. The molecule has 1 N–H and O–H groups in total. The predicted molar refractivity (Wildman–Crippen MR) is 96.3 cm³/mol. The summed E-state index contributed by atoms with van der Waals surface area (Å²) in [6.07, 6.45) is 0.921. The van der Waals surface area contributed by atoms with E-state index in [2.05, 4.69) is 12.2 Å². The van der Waals surface area contributed by atoms with Gasteiger partial charge in [0.25, 0.3) is 10.0 Å². The molecule has 1 aliphatic heterocycles. The molecule has 1 aromatic carbocycles. The molecule has 3 rings (SSSR count). The molecule has 1 aromatic heterocycles. The maximum Gasteiger partial charge on any atom is 0.325 e. The molecule has 1 atom stereocenters. The number of benzene rings is 1. The lowest BCUT2D eigenvalue weighted by Crippen LogP contribution is -2.48. The molecule has 25 heavy (non-hydrogen) atoms. The third-order valence-corrected chi connectivity index (χ3v) is 7.69. The number of piperazine rings is 1. The first-order valence-electron chi connectivity index (χ1n) is 7.99. The number of nitrogens with one attached hydrogen (secondary N) is 1. The van der Waals surface area contributed by atoms with Gasteiger partial charge in [-0.05, 0) is 35.0 Å². The van der Waals surface area contributed by atoms with Crippen molar-refractivity contribution in [1.29, 1.82) is 0 Å². The fraction of sp³-hybridized carbons (Fsp3) is 0.375. The lowest BCUT2D eigenvalue weighted by atomic mass is 10.0. The van der Waals surface area contributed by atoms with Gasteiger partial charge in [0.15, 0.2) is 0 Å². The van der Waals surface area contributed by atoms with Crippen molar-refractivity contribution in [3.8, 4) is 0 Å². The van der Waals surface area contributed by atoms with Crippen LogP contribution < -0.4 is 5.32 Å². The summed E-state index contributed by atoms with van der Waals surface area (Å²) in [7, 11) is -3.78. The largest absolute Gasteiger partial charge is 0.325 e. The van der Waals surface area contributed by atoms with Crippen LogP contribution >= 0.6 is 11.3 Å². The zero-order valence-electron chi connectivity index (χ0n) is 13.7. The summed E-state index contributed by atoms with van der Waals surface area (Å²) in [6, 6.07) is 10.1. The second kappa shape index (κ2) is 7.20. The average molecular weight is 381 g/mol. The Labute approximate surface area is 150 Å². The van der Waals surface area contributed by atoms with Crippen molar-refractivity contribution in [2.24, 2.45) is 0 Å². The van der Waals surface area contributed by atoms with E-state index in [9.17, 15) is 18.5 Å². The summed E-state index contributed by atoms with van der Waals surface area (Å²) in [5.41, 5.74) is 2.11. The summed E-state index contributed by atoms with van der Waals surface area (Å²) in [5.74, 6) is 0. The highest BCUT2D eigenvalue weighted by atomic mass is 32.2. The van der Waals surface area contributed by atoms with E-state index in [0.29, 0.717) is 31.0 Å². The van der Waals surface area contributed by atoms with Crippen LogP contribution in [0, 0.1) is 10.1 Å². The Morgan fingerprint density at radius 2 is 2.00 bits per heavy atom. The van der Waals surface area contributed by atoms with Crippen molar-refractivity contribution in [2.75, 3.05) is 19.6 Å². The Kier molecular flexibility index (Phi) is 5.19. The first-order chi connectivity index (χ1) is 11.9. The molecule has 0 spiro atoms. The maximum absolute atomic E-state index is 13.0. The van der Waals surface area contributed by atoms with E-state index in [1.54, 1.807) is 0 Å². The molecule has 1 saturated heterocycles. The molecule has 0 bridgehead atoms. The number of nitro groups is 1. The van der Waals surface area contributed by atoms with Gasteiger partial charge < -0.3 is 5.32 Å². The van der Waals surface area contributed by atoms with Gasteiger partial charge >= 0.3 is 5.00 Å². The summed E-state index contributed by atoms with van der Waals surface area (Å²) < 4.78 is 27.5. The van der Waals surface area contributed by atoms with Crippen LogP contribution in [0.2, 0.25) is 0 Å². The third-order valence-electron chi connectivity index (χ3n) is 4.28. The van der Waals surface area contributed by atoms with Gasteiger partial charge in [0.05, 0.1) is 11.0 Å². The van der Waals surface area contributed by atoms with Crippen molar-refractivity contribution in [2.45, 2.75) is 23.6 Å². The van der Waals surface area contributed by atoms with Gasteiger partial charge in [-0.2, -0.15) is 4.31 Å². The molecule has 9 heteroatoms. The highest BCUT2D eigenvalue weighted by Gasteiger charge is 2.36. The molecule has 1 unspecified atom stereocenters. The van der Waals surface area contributed by atoms with Crippen LogP contribution in [0.4, 0.5) is 5.00 Å². The second-order valence-corrected chi connectivity index (χ2v) is 8.96. The Balaban J connectivity index is 1.94. The Morgan fingerprint density at radius 3 is 2.60 bits per heavy atom. The van der Waals surface area contributed by atoms with Crippen molar-refractivity contribution < 1.29 is 13.3 Å². The smallest absolute Gasteiger partial charge is 0.313 e. The minimum atomic E-state index is -3.78. The molecule has 1 fully saturated rings. The van der Waals surface area contributed by atoms with Crippen LogP contribution in [0.3, 0.4) is 0 Å². The van der Waals surface area contributed by atoms with Crippen LogP contribution in [0.25, 0.3) is 0 Å². The lowest BCUT2D eigenvalue weighted by molar-refractivity contribution is -0.380. The number of nitrogens with zero attached hydrogens (tertiary/aromatic N) is 2. The summed E-state index contributed by atoms with van der Waals surface area (Å²) in [6.45, 7) is 3.46. The molecule has 1 aliphatic rings. The fourth-order valence-corrected chi connectivity index (χ4v) is 5.75. The SMILES string of the molecule is CCc1ccc(C2CNCCN2S(=O)(=O)c2ccc([N+](=O)[O-])s2)cc1. The first-order valence-corrected chi connectivity index (χ1v) is 10.2. The highest BCUT2D eigenvalue weighted by Crippen LogP contribution is 2.34. The molecule has 2 heterocycles. The van der Waals surface area contributed by atoms with E-state index in [1.165, 1.54) is 22.0 Å². The molecule has 0 radical (unpaired) electrons. The Morgan fingerprint density at radius 1 is 1.28 bits per heavy atom. The highest BCUT2D eigenvalue weighted by molar-refractivity contribution is 7.91. The van der Waals surface area contributed by atoms with Gasteiger partial charge in [-0.1, -0.05) is 31.2 Å². The van der Waals surface area contributed by atoms with E-state index in [-0.39, 0.29) is 15.3 Å². The predicted octanol–water partition coefficient (Wildman–Crippen LogP) is 2.55. The van der Waals surface area contributed by atoms with E-state index in [1.807, 2.05) is 24.3 Å². The quantitative estimate of drug-likeness (QED) is 0.635. The molecule has 2 aromatic rings. The molecule has 7 nitrogen and oxygen atoms in total. The van der Waals surface area contributed by atoms with Crippen LogP contribution in [0.15, 0.2) is 40.6 Å². The van der Waals surface area contributed by atoms with E-state index < -0.39 is 14.9 Å². The zero-order valence-corrected chi connectivity index (χ0v) is 15.3. The monoisotopic (exact) mass is 381 g/mol. The second-order valence-electron chi connectivity index (χ2n) is 5.78. The van der Waals surface area contributed by atoms with Crippen molar-refractivity contribution in [3.63, 3.8) is 0 Å². The fourth-order valence-electron chi connectivity index (χ4n) is 2.90. The van der Waals surface area contributed by atoms with Gasteiger partial charge in [-0.3, -0.25) is 10.1 Å². The van der Waals surface area contributed by atoms with E-state index >= 15 is 0 Å². The number of sulfonamides is 1. The normalized spacial score (nSPS) is 19.0. The summed E-state index contributed by atoms with van der Waals surface area (Å²) in [5, 5.41) is 13.9. The number of rotatable bonds is 5. The van der Waals surface area contributed by atoms with E-state index in [4.69, 9.17) is 0 Å². The van der Waals surface area contributed by atoms with Crippen LogP contribution in [-0.2, 0) is 16.4 Å². The van der Waals surface area contributed by atoms with E-state index in [0.717, 1.165) is 12.0 Å². The Bertz CT molecular complexity index is 862. The third kappa shape index (κ3) is 3.59. The molecular weight excluding hydrogens is 362 g/mol. The van der Waals surface area contributed by atoms with Crippen molar-refractivity contribution in [1.82, 2.24) is 9.62 Å². The standard InChI is InChI=1S/C16H19N3O4S2/c1-2-12-3-5-13(6-4-12)14-11-17-9-10-18(14)25(22,23)16-8-7-15(24-16)19(20)21/h3-8,14,17H,2,9-11H2,1H3. The van der Waals surface area contributed by atoms with Crippen molar-refractivity contribution in [3.05, 3.63) is 57.6 Å². The van der Waals surface area contributed by atoms with Gasteiger partial charge in [0.2, 0.25) is 0 Å². The van der Waals surface area contributed by atoms with Crippen LogP contribution in [-0.4, -0.2) is 37.3 Å². The number of thiophene rings is 1. The molecular formula is C16H19N3O4S2. The Hall–Kier alpha value is -1.81. The zero-order chi connectivity index (χ0) is 18.0. The first kappa shape index (κ1) is 18.0. The minimum Gasteiger partial charge on any atom is -0.313 e. The van der Waals surface area contributed by atoms with Crippen molar-refractivity contribution >= 4 is 26.4 Å². The van der Waals surface area contributed by atoms with Gasteiger partial charge in [0.1, 0.15) is 4.21 Å². The van der Waals surface area contributed by atoms with Gasteiger partial charge in [0, 0.05) is 25.7 Å². The number of hydrogen-bond acceptors (Lipinski definition) is 6.